The van der Waals surface area contributed by atoms with Gasteiger partial charge in [-0.15, -0.1) is 20.4 Å². The van der Waals surface area contributed by atoms with Crippen molar-refractivity contribution in [2.75, 3.05) is 0 Å². The van der Waals surface area contributed by atoms with Gasteiger partial charge in [-0.1, -0.05) is 47.6 Å². The molecule has 1 aliphatic carbocycles. The number of halogens is 4. The summed E-state index contributed by atoms with van der Waals surface area (Å²) in [5.74, 6) is 1.81. The van der Waals surface area contributed by atoms with Crippen LogP contribution >= 0.6 is 23.4 Å². The number of para-hydroxylation sites is 1. The predicted octanol–water partition coefficient (Wildman–Crippen LogP) is 6.16. The van der Waals surface area contributed by atoms with Crippen molar-refractivity contribution in [3.63, 3.8) is 0 Å². The van der Waals surface area contributed by atoms with E-state index in [-0.39, 0.29) is 22.4 Å². The minimum absolute atomic E-state index is 0.0772. The highest BCUT2D eigenvalue weighted by Gasteiger charge is 2.35. The fraction of sp³-hybridized carbons (Fsp3) is 0.238. The standard InChI is InChI=1S/C21H15ClF3N5OS/c22-14-5-3-4-13(10-14)18-27-29-20(32-11-17-26-28-19(31-17)12-8-9-12)30(18)16-7-2-1-6-15(16)21(23,24)25/h1-7,10,12H,8-9,11H2. The van der Waals surface area contributed by atoms with Crippen LogP contribution in [0.4, 0.5) is 13.2 Å². The molecule has 1 aliphatic rings. The summed E-state index contributed by atoms with van der Waals surface area (Å²) in [6.45, 7) is 0. The first-order valence-electron chi connectivity index (χ1n) is 9.73. The molecule has 4 aromatic rings. The van der Waals surface area contributed by atoms with Gasteiger partial charge in [-0.05, 0) is 37.1 Å². The van der Waals surface area contributed by atoms with E-state index in [1.165, 1.54) is 28.5 Å². The third-order valence-corrected chi connectivity index (χ3v) is 6.05. The van der Waals surface area contributed by atoms with Crippen LogP contribution in [-0.2, 0) is 11.9 Å². The summed E-state index contributed by atoms with van der Waals surface area (Å²) in [7, 11) is 0. The average Bonchev–Trinajstić information content (AvgIpc) is 3.35. The van der Waals surface area contributed by atoms with Crippen molar-refractivity contribution < 1.29 is 17.6 Å². The summed E-state index contributed by atoms with van der Waals surface area (Å²) in [6.07, 6.45) is -2.50. The molecule has 0 atom stereocenters. The second-order valence-electron chi connectivity index (χ2n) is 7.26. The number of thioether (sulfide) groups is 1. The molecule has 0 N–H and O–H groups in total. The average molecular weight is 478 g/mol. The third kappa shape index (κ3) is 4.24. The van der Waals surface area contributed by atoms with E-state index in [9.17, 15) is 13.2 Å². The van der Waals surface area contributed by atoms with E-state index >= 15 is 0 Å². The van der Waals surface area contributed by atoms with Crippen LogP contribution in [0.5, 0.6) is 0 Å². The predicted molar refractivity (Wildman–Crippen MR) is 113 cm³/mol. The van der Waals surface area contributed by atoms with E-state index in [4.69, 9.17) is 16.0 Å². The van der Waals surface area contributed by atoms with Gasteiger partial charge in [0.25, 0.3) is 0 Å². The molecule has 1 fully saturated rings. The molecule has 0 aliphatic heterocycles. The molecular formula is C21H15ClF3N5OS. The second kappa shape index (κ2) is 8.25. The smallest absolute Gasteiger partial charge is 0.418 e. The van der Waals surface area contributed by atoms with Crippen LogP contribution in [0.25, 0.3) is 17.1 Å². The Hall–Kier alpha value is -2.85. The number of aromatic nitrogens is 5. The zero-order valence-electron chi connectivity index (χ0n) is 16.4. The molecule has 0 radical (unpaired) electrons. The molecule has 2 aromatic carbocycles. The zero-order chi connectivity index (χ0) is 22.3. The van der Waals surface area contributed by atoms with Gasteiger partial charge in [0.05, 0.1) is 17.0 Å². The number of alkyl halides is 3. The van der Waals surface area contributed by atoms with Gasteiger partial charge in [0.15, 0.2) is 11.0 Å². The SMILES string of the molecule is FC(F)(F)c1ccccc1-n1c(SCc2nnc(C3CC3)o2)nnc1-c1cccc(Cl)c1. The summed E-state index contributed by atoms with van der Waals surface area (Å²) >= 11 is 7.28. The Balaban J connectivity index is 1.57. The molecule has 11 heteroatoms. The van der Waals surface area contributed by atoms with Crippen LogP contribution < -0.4 is 0 Å². The monoisotopic (exact) mass is 477 g/mol. The molecule has 1 saturated carbocycles. The molecule has 5 rings (SSSR count). The molecule has 0 spiro atoms. The van der Waals surface area contributed by atoms with Crippen molar-refractivity contribution >= 4 is 23.4 Å². The lowest BCUT2D eigenvalue weighted by atomic mass is 10.1. The van der Waals surface area contributed by atoms with Crippen molar-refractivity contribution in [3.05, 3.63) is 70.9 Å². The van der Waals surface area contributed by atoms with Crippen molar-refractivity contribution in [3.8, 4) is 17.1 Å². The van der Waals surface area contributed by atoms with Gasteiger partial charge in [-0.2, -0.15) is 13.2 Å². The number of nitrogens with zero attached hydrogens (tertiary/aromatic N) is 5. The first-order chi connectivity index (χ1) is 15.4. The van der Waals surface area contributed by atoms with Crippen molar-refractivity contribution in [1.29, 1.82) is 0 Å². The maximum atomic E-state index is 13.8. The van der Waals surface area contributed by atoms with Gasteiger partial charge in [0, 0.05) is 16.5 Å². The Morgan fingerprint density at radius 2 is 1.84 bits per heavy atom. The van der Waals surface area contributed by atoms with E-state index in [0.29, 0.717) is 28.3 Å². The maximum Gasteiger partial charge on any atom is 0.418 e. The van der Waals surface area contributed by atoms with E-state index in [1.807, 2.05) is 0 Å². The fourth-order valence-electron chi connectivity index (χ4n) is 3.25. The molecule has 164 valence electrons. The van der Waals surface area contributed by atoms with Crippen LogP contribution in [0.3, 0.4) is 0 Å². The van der Waals surface area contributed by atoms with E-state index in [2.05, 4.69) is 20.4 Å². The molecule has 0 unspecified atom stereocenters. The highest BCUT2D eigenvalue weighted by Crippen LogP contribution is 2.40. The Morgan fingerprint density at radius 1 is 1.03 bits per heavy atom. The fourth-order valence-corrected chi connectivity index (χ4v) is 4.22. The Morgan fingerprint density at radius 3 is 2.59 bits per heavy atom. The maximum absolute atomic E-state index is 13.8. The highest BCUT2D eigenvalue weighted by atomic mass is 35.5. The van der Waals surface area contributed by atoms with Crippen molar-refractivity contribution in [2.45, 2.75) is 35.8 Å². The Kier molecular flexibility index (Phi) is 5.42. The molecule has 32 heavy (non-hydrogen) atoms. The summed E-state index contributed by atoms with van der Waals surface area (Å²) in [5, 5.41) is 17.1. The number of hydrogen-bond acceptors (Lipinski definition) is 6. The normalized spacial score (nSPS) is 14.1. The van der Waals surface area contributed by atoms with Gasteiger partial charge in [-0.3, -0.25) is 4.57 Å². The highest BCUT2D eigenvalue weighted by molar-refractivity contribution is 7.98. The van der Waals surface area contributed by atoms with Gasteiger partial charge in [0.2, 0.25) is 11.8 Å². The van der Waals surface area contributed by atoms with Gasteiger partial charge in [-0.25, -0.2) is 0 Å². The van der Waals surface area contributed by atoms with Gasteiger partial charge >= 0.3 is 6.18 Å². The Labute approximate surface area is 189 Å². The second-order valence-corrected chi connectivity index (χ2v) is 8.64. The lowest BCUT2D eigenvalue weighted by Gasteiger charge is -2.16. The minimum atomic E-state index is -4.56. The number of hydrogen-bond donors (Lipinski definition) is 0. The summed E-state index contributed by atoms with van der Waals surface area (Å²) in [4.78, 5) is 0. The van der Waals surface area contributed by atoms with Crippen LogP contribution in [0.1, 0.15) is 36.1 Å². The van der Waals surface area contributed by atoms with Gasteiger partial charge in [0.1, 0.15) is 0 Å². The van der Waals surface area contributed by atoms with E-state index in [1.54, 1.807) is 30.3 Å². The number of benzene rings is 2. The molecule has 0 amide bonds. The molecule has 0 saturated heterocycles. The van der Waals surface area contributed by atoms with Crippen molar-refractivity contribution in [1.82, 2.24) is 25.0 Å². The molecule has 2 heterocycles. The molecular weight excluding hydrogens is 463 g/mol. The topological polar surface area (TPSA) is 69.6 Å². The number of rotatable bonds is 6. The van der Waals surface area contributed by atoms with Crippen LogP contribution in [0.2, 0.25) is 5.02 Å². The third-order valence-electron chi connectivity index (χ3n) is 4.90. The first kappa shape index (κ1) is 21.0. The summed E-state index contributed by atoms with van der Waals surface area (Å²) < 4.78 is 48.4. The van der Waals surface area contributed by atoms with Gasteiger partial charge < -0.3 is 4.42 Å². The first-order valence-corrected chi connectivity index (χ1v) is 11.1. The summed E-state index contributed by atoms with van der Waals surface area (Å²) in [6, 6.07) is 12.0. The lowest BCUT2D eigenvalue weighted by molar-refractivity contribution is -0.137. The largest absolute Gasteiger partial charge is 0.424 e. The summed E-state index contributed by atoms with van der Waals surface area (Å²) in [5.41, 5.74) is -0.326. The van der Waals surface area contributed by atoms with Crippen LogP contribution in [0, 0.1) is 0 Å². The molecule has 0 bridgehead atoms. The van der Waals surface area contributed by atoms with E-state index in [0.717, 1.165) is 18.9 Å². The van der Waals surface area contributed by atoms with Crippen molar-refractivity contribution in [2.24, 2.45) is 0 Å². The minimum Gasteiger partial charge on any atom is -0.424 e. The Bertz CT molecular complexity index is 1270. The van der Waals surface area contributed by atoms with Crippen LogP contribution in [0.15, 0.2) is 58.1 Å². The quantitative estimate of drug-likeness (QED) is 0.310. The van der Waals surface area contributed by atoms with Crippen LogP contribution in [-0.4, -0.2) is 25.0 Å². The lowest BCUT2D eigenvalue weighted by Crippen LogP contribution is -2.12. The zero-order valence-corrected chi connectivity index (χ0v) is 18.0. The molecule has 6 nitrogen and oxygen atoms in total. The van der Waals surface area contributed by atoms with E-state index < -0.39 is 11.7 Å². The molecule has 2 aromatic heterocycles.